The molecule has 0 saturated heterocycles. The SMILES string of the molecule is O.O=P(O)(O)C(O)(Cn1ccnc1)P(=O)(O)O.[NaH]. The van der Waals surface area contributed by atoms with Crippen LogP contribution in [0, 0.1) is 0 Å². The molecular weight excluding hydrogens is 301 g/mol. The molecule has 0 saturated carbocycles. The van der Waals surface area contributed by atoms with Crippen LogP contribution in [0.4, 0.5) is 0 Å². The molecule has 10 nitrogen and oxygen atoms in total. The molecule has 102 valence electrons. The van der Waals surface area contributed by atoms with Gasteiger partial charge in [0, 0.05) is 12.4 Å². The summed E-state index contributed by atoms with van der Waals surface area (Å²) in [6, 6.07) is 0. The van der Waals surface area contributed by atoms with Crippen molar-refractivity contribution < 1.29 is 39.3 Å². The van der Waals surface area contributed by atoms with Crippen LogP contribution in [0.3, 0.4) is 0 Å². The Kier molecular flexibility index (Phi) is 7.76. The second kappa shape index (κ2) is 6.74. The zero-order valence-electron chi connectivity index (χ0n) is 8.28. The average molecular weight is 314 g/mol. The Labute approximate surface area is 124 Å². The van der Waals surface area contributed by atoms with Crippen molar-refractivity contribution in [3.8, 4) is 0 Å². The number of rotatable bonds is 4. The van der Waals surface area contributed by atoms with Crippen molar-refractivity contribution >= 4 is 44.7 Å². The Morgan fingerprint density at radius 2 is 1.61 bits per heavy atom. The normalized spacial score (nSPS) is 12.5. The number of hydrogen-bond donors (Lipinski definition) is 5. The van der Waals surface area contributed by atoms with Crippen LogP contribution in [-0.2, 0) is 15.7 Å². The van der Waals surface area contributed by atoms with Crippen LogP contribution in [0.15, 0.2) is 18.7 Å². The number of imidazole rings is 1. The molecule has 0 bridgehead atoms. The Bertz CT molecular complexity index is 430. The van der Waals surface area contributed by atoms with Crippen LogP contribution < -0.4 is 0 Å². The van der Waals surface area contributed by atoms with Crippen molar-refractivity contribution in [2.45, 2.75) is 11.6 Å². The number of hydrogen-bond acceptors (Lipinski definition) is 4. The zero-order valence-corrected chi connectivity index (χ0v) is 10.1. The molecule has 0 aliphatic carbocycles. The Hall–Kier alpha value is 0.430. The Morgan fingerprint density at radius 3 is 1.89 bits per heavy atom. The summed E-state index contributed by atoms with van der Waals surface area (Å²) < 4.78 is 22.8. The van der Waals surface area contributed by atoms with E-state index in [1.807, 2.05) is 0 Å². The molecule has 0 amide bonds. The monoisotopic (exact) mass is 314 g/mol. The van der Waals surface area contributed by atoms with E-state index in [0.29, 0.717) is 0 Å². The predicted octanol–water partition coefficient (Wildman–Crippen LogP) is -2.59. The number of nitrogens with zero attached hydrogens (tertiary/aromatic N) is 2. The molecule has 0 aliphatic heterocycles. The third-order valence-electron chi connectivity index (χ3n) is 1.89. The van der Waals surface area contributed by atoms with Crippen LogP contribution in [0.5, 0.6) is 0 Å². The maximum atomic E-state index is 10.9. The molecule has 1 aromatic heterocycles. The first-order valence-electron chi connectivity index (χ1n) is 3.87. The first-order chi connectivity index (χ1) is 7.08. The molecule has 0 fully saturated rings. The molecule has 0 unspecified atom stereocenters. The molecule has 7 N–H and O–H groups in total. The van der Waals surface area contributed by atoms with E-state index in [-0.39, 0.29) is 35.0 Å². The molecular formula is C5H13N2NaO8P2. The van der Waals surface area contributed by atoms with Gasteiger partial charge in [0.15, 0.2) is 0 Å². The van der Waals surface area contributed by atoms with Crippen molar-refractivity contribution in [1.29, 1.82) is 0 Å². The van der Waals surface area contributed by atoms with Gasteiger partial charge < -0.3 is 34.7 Å². The van der Waals surface area contributed by atoms with Crippen LogP contribution in [0.1, 0.15) is 0 Å². The first kappa shape index (κ1) is 20.7. The van der Waals surface area contributed by atoms with Crippen LogP contribution in [-0.4, -0.2) is 74.3 Å². The van der Waals surface area contributed by atoms with Gasteiger partial charge in [-0.2, -0.15) is 0 Å². The standard InChI is InChI=1S/C5H10N2O7P2.Na.H2O.H/c8-5(15(9,10)11,16(12,13)14)3-7-2-1-6-4-7;;;/h1-2,4,8H,3H2,(H2,9,10,11)(H2,12,13,14);;1H2;. The third kappa shape index (κ3) is 4.22. The topological polar surface area (TPSA) is 185 Å². The van der Waals surface area contributed by atoms with E-state index in [1.54, 1.807) is 0 Å². The van der Waals surface area contributed by atoms with Gasteiger partial charge in [-0.25, -0.2) is 4.98 Å². The van der Waals surface area contributed by atoms with E-state index in [2.05, 4.69) is 4.98 Å². The van der Waals surface area contributed by atoms with Crippen molar-refractivity contribution in [2.24, 2.45) is 0 Å². The molecule has 13 heteroatoms. The van der Waals surface area contributed by atoms with Gasteiger partial charge in [-0.05, 0) is 0 Å². The van der Waals surface area contributed by atoms with Gasteiger partial charge in [0.2, 0.25) is 0 Å². The summed E-state index contributed by atoms with van der Waals surface area (Å²) in [7, 11) is -10.8. The summed E-state index contributed by atoms with van der Waals surface area (Å²) in [5, 5.41) is 6.04. The summed E-state index contributed by atoms with van der Waals surface area (Å²) in [4.78, 5) is 38.7. The van der Waals surface area contributed by atoms with E-state index in [0.717, 1.165) is 10.9 Å². The Morgan fingerprint density at radius 1 is 1.17 bits per heavy atom. The summed E-state index contributed by atoms with van der Waals surface area (Å²) >= 11 is 0. The average Bonchev–Trinajstić information content (AvgIpc) is 2.52. The molecule has 1 heterocycles. The van der Waals surface area contributed by atoms with E-state index >= 15 is 0 Å². The van der Waals surface area contributed by atoms with Crippen molar-refractivity contribution in [3.63, 3.8) is 0 Å². The minimum absolute atomic E-state index is 0. The minimum atomic E-state index is -5.41. The molecule has 1 aromatic rings. The molecule has 0 aromatic carbocycles. The van der Waals surface area contributed by atoms with E-state index in [9.17, 15) is 14.2 Å². The second-order valence-corrected chi connectivity index (χ2v) is 7.11. The summed E-state index contributed by atoms with van der Waals surface area (Å²) in [5.41, 5.74) is 0. The summed E-state index contributed by atoms with van der Waals surface area (Å²) in [6.07, 6.45) is 3.51. The molecule has 0 atom stereocenters. The van der Waals surface area contributed by atoms with Gasteiger partial charge in [-0.15, -0.1) is 0 Å². The Balaban J connectivity index is 0. The van der Waals surface area contributed by atoms with E-state index < -0.39 is 26.8 Å². The molecule has 18 heavy (non-hydrogen) atoms. The van der Waals surface area contributed by atoms with Gasteiger partial charge in [0.05, 0.1) is 12.9 Å². The van der Waals surface area contributed by atoms with Gasteiger partial charge in [0.25, 0.3) is 5.08 Å². The second-order valence-electron chi connectivity index (χ2n) is 3.10. The number of aromatic nitrogens is 2. The maximum absolute atomic E-state index is 10.9. The molecule has 0 aliphatic rings. The van der Waals surface area contributed by atoms with Gasteiger partial charge in [0.1, 0.15) is 0 Å². The zero-order chi connectivity index (χ0) is 12.6. The molecule has 1 rings (SSSR count). The van der Waals surface area contributed by atoms with Gasteiger partial charge in [-0.1, -0.05) is 0 Å². The fourth-order valence-electron chi connectivity index (χ4n) is 0.979. The molecule has 0 radical (unpaired) electrons. The first-order valence-corrected chi connectivity index (χ1v) is 7.10. The van der Waals surface area contributed by atoms with Crippen molar-refractivity contribution in [1.82, 2.24) is 9.55 Å². The van der Waals surface area contributed by atoms with Gasteiger partial charge >= 0.3 is 44.7 Å². The fraction of sp³-hybridized carbons (Fsp3) is 0.400. The molecule has 0 spiro atoms. The van der Waals surface area contributed by atoms with Crippen molar-refractivity contribution in [3.05, 3.63) is 18.7 Å². The van der Waals surface area contributed by atoms with Crippen molar-refractivity contribution in [2.75, 3.05) is 0 Å². The fourth-order valence-corrected chi connectivity index (χ4v) is 3.03. The summed E-state index contributed by atoms with van der Waals surface area (Å²) in [6.45, 7) is -0.957. The van der Waals surface area contributed by atoms with Crippen LogP contribution in [0.2, 0.25) is 0 Å². The quantitative estimate of drug-likeness (QED) is 0.296. The van der Waals surface area contributed by atoms with Crippen LogP contribution >= 0.6 is 15.2 Å². The van der Waals surface area contributed by atoms with Gasteiger partial charge in [-0.3, -0.25) is 9.13 Å². The third-order valence-corrected chi connectivity index (χ3v) is 5.60. The summed E-state index contributed by atoms with van der Waals surface area (Å²) in [5.74, 6) is 0. The number of aliphatic hydroxyl groups is 1. The predicted molar refractivity (Wildman–Crippen MR) is 62.0 cm³/mol. The van der Waals surface area contributed by atoms with E-state index in [1.165, 1.54) is 12.4 Å². The van der Waals surface area contributed by atoms with E-state index in [4.69, 9.17) is 19.6 Å². The van der Waals surface area contributed by atoms with Crippen LogP contribution in [0.25, 0.3) is 0 Å².